The second-order valence-corrected chi connectivity index (χ2v) is 9.33. The molecule has 0 unspecified atom stereocenters. The quantitative estimate of drug-likeness (QED) is 0.302. The van der Waals surface area contributed by atoms with Crippen molar-refractivity contribution >= 4 is 21.9 Å². The minimum Gasteiger partial charge on any atom is -0.455 e. The van der Waals surface area contributed by atoms with E-state index in [1.165, 1.54) is 38.6 Å². The molecule has 1 aliphatic rings. The maximum Gasteiger partial charge on any atom is 0.216 e. The fourth-order valence-electron chi connectivity index (χ4n) is 5.41. The van der Waals surface area contributed by atoms with Crippen molar-refractivity contribution in [3.05, 3.63) is 83.3 Å². The van der Waals surface area contributed by atoms with Gasteiger partial charge in [-0.2, -0.15) is 0 Å². The predicted octanol–water partition coefficient (Wildman–Crippen LogP) is 6.40. The molecule has 0 N–H and O–H groups in total. The van der Waals surface area contributed by atoms with Crippen molar-refractivity contribution in [2.75, 3.05) is 0 Å². The Bertz CT molecular complexity index is 1540. The maximum absolute atomic E-state index is 6.77. The molecule has 3 nitrogen and oxygen atoms in total. The Kier molecular flexibility index (Phi) is 3.57. The number of fused-ring (bicyclic) bond motifs is 7. The van der Waals surface area contributed by atoms with Gasteiger partial charge in [0.25, 0.3) is 0 Å². The summed E-state index contributed by atoms with van der Waals surface area (Å²) >= 11 is 0. The van der Waals surface area contributed by atoms with Crippen LogP contribution in [0.2, 0.25) is 0 Å². The van der Waals surface area contributed by atoms with E-state index >= 15 is 0 Å². The van der Waals surface area contributed by atoms with Crippen LogP contribution in [0.4, 0.5) is 0 Å². The van der Waals surface area contributed by atoms with Crippen LogP contribution in [0.25, 0.3) is 44.3 Å². The number of hydrogen-bond donors (Lipinski definition) is 0. The molecule has 0 spiro atoms. The number of rotatable bonds is 1. The van der Waals surface area contributed by atoms with Crippen LogP contribution in [-0.4, -0.2) is 4.98 Å². The molecule has 1 aliphatic carbocycles. The van der Waals surface area contributed by atoms with Gasteiger partial charge < -0.3 is 4.42 Å². The van der Waals surface area contributed by atoms with Gasteiger partial charge in [-0.25, -0.2) is 4.57 Å². The SMILES string of the molecule is Cc1ccc(-c2c(C)ccc3c2oc2c4c(ccc23)-c2cccnc2C4(C)C)[n+](C)c1. The standard InChI is InChI=1S/C28H25N2O/c1-16-8-13-22(30(5)15-16)23-17(2)9-10-19-20-12-11-18-21-7-6-14-29-27(21)28(3,4)24(18)26(20)31-25(19)23/h6-15H,1-5H3/q+1. The van der Waals surface area contributed by atoms with Crippen molar-refractivity contribution in [3.8, 4) is 22.4 Å². The number of benzene rings is 2. The van der Waals surface area contributed by atoms with Gasteiger partial charge in [0.2, 0.25) is 5.69 Å². The number of aromatic nitrogens is 2. The Balaban J connectivity index is 1.73. The molecule has 0 atom stereocenters. The van der Waals surface area contributed by atoms with Crippen molar-refractivity contribution in [1.82, 2.24) is 4.98 Å². The minimum atomic E-state index is -0.205. The zero-order valence-corrected chi connectivity index (χ0v) is 18.6. The van der Waals surface area contributed by atoms with Crippen LogP contribution < -0.4 is 4.57 Å². The fourth-order valence-corrected chi connectivity index (χ4v) is 5.41. The lowest BCUT2D eigenvalue weighted by atomic mass is 9.84. The molecule has 6 rings (SSSR count). The summed E-state index contributed by atoms with van der Waals surface area (Å²) in [6.07, 6.45) is 4.06. The van der Waals surface area contributed by atoms with Crippen molar-refractivity contribution < 1.29 is 8.98 Å². The highest BCUT2D eigenvalue weighted by Gasteiger charge is 2.40. The summed E-state index contributed by atoms with van der Waals surface area (Å²) in [6.45, 7) is 8.79. The number of aryl methyl sites for hydroxylation is 3. The molecule has 0 radical (unpaired) electrons. The van der Waals surface area contributed by atoms with E-state index in [0.717, 1.165) is 28.1 Å². The lowest BCUT2D eigenvalue weighted by Gasteiger charge is -2.20. The van der Waals surface area contributed by atoms with Gasteiger partial charge in [0.05, 0.1) is 11.3 Å². The first-order valence-electron chi connectivity index (χ1n) is 10.8. The number of nitrogens with zero attached hydrogens (tertiary/aromatic N) is 2. The molecule has 2 aromatic carbocycles. The Labute approximate surface area is 182 Å². The lowest BCUT2D eigenvalue weighted by molar-refractivity contribution is -0.660. The summed E-state index contributed by atoms with van der Waals surface area (Å²) in [6, 6.07) is 17.4. The zero-order chi connectivity index (χ0) is 21.5. The number of pyridine rings is 2. The van der Waals surface area contributed by atoms with E-state index in [-0.39, 0.29) is 5.41 Å². The third-order valence-corrected chi connectivity index (χ3v) is 6.87. The first-order chi connectivity index (χ1) is 14.9. The fraction of sp³-hybridized carbons (Fsp3) is 0.214. The number of hydrogen-bond acceptors (Lipinski definition) is 2. The molecule has 0 amide bonds. The largest absolute Gasteiger partial charge is 0.455 e. The summed E-state index contributed by atoms with van der Waals surface area (Å²) in [5.41, 5.74) is 11.3. The molecule has 0 saturated carbocycles. The van der Waals surface area contributed by atoms with Crippen LogP contribution in [0, 0.1) is 13.8 Å². The van der Waals surface area contributed by atoms with Gasteiger partial charge in [0.1, 0.15) is 18.2 Å². The first kappa shape index (κ1) is 18.3. The highest BCUT2D eigenvalue weighted by Crippen LogP contribution is 2.52. The van der Waals surface area contributed by atoms with Crippen LogP contribution in [0.5, 0.6) is 0 Å². The molecular weight excluding hydrogens is 380 g/mol. The van der Waals surface area contributed by atoms with Crippen LogP contribution in [0.1, 0.15) is 36.2 Å². The average Bonchev–Trinajstić information content (AvgIpc) is 3.22. The molecule has 3 heteroatoms. The smallest absolute Gasteiger partial charge is 0.216 e. The summed E-state index contributed by atoms with van der Waals surface area (Å²) < 4.78 is 8.97. The summed E-state index contributed by atoms with van der Waals surface area (Å²) in [7, 11) is 2.10. The Morgan fingerprint density at radius 1 is 0.871 bits per heavy atom. The lowest BCUT2D eigenvalue weighted by Crippen LogP contribution is -2.31. The maximum atomic E-state index is 6.77. The molecule has 152 valence electrons. The van der Waals surface area contributed by atoms with E-state index in [1.807, 2.05) is 12.3 Å². The van der Waals surface area contributed by atoms with E-state index in [0.29, 0.717) is 0 Å². The van der Waals surface area contributed by atoms with Crippen LogP contribution >= 0.6 is 0 Å². The third-order valence-electron chi connectivity index (χ3n) is 6.87. The average molecular weight is 406 g/mol. The monoisotopic (exact) mass is 405 g/mol. The Morgan fingerprint density at radius 3 is 2.45 bits per heavy atom. The van der Waals surface area contributed by atoms with Crippen molar-refractivity contribution in [2.45, 2.75) is 33.1 Å². The number of furan rings is 1. The molecule has 0 aliphatic heterocycles. The molecule has 0 bridgehead atoms. The van der Waals surface area contributed by atoms with Crippen LogP contribution in [0.3, 0.4) is 0 Å². The Morgan fingerprint density at radius 2 is 1.65 bits per heavy atom. The van der Waals surface area contributed by atoms with Gasteiger partial charge in [-0.15, -0.1) is 0 Å². The summed E-state index contributed by atoms with van der Waals surface area (Å²) in [5, 5.41) is 2.34. The normalized spacial score (nSPS) is 14.2. The molecule has 31 heavy (non-hydrogen) atoms. The Hall–Kier alpha value is -3.46. The third kappa shape index (κ3) is 2.35. The van der Waals surface area contributed by atoms with E-state index in [4.69, 9.17) is 9.40 Å². The van der Waals surface area contributed by atoms with Crippen molar-refractivity contribution in [2.24, 2.45) is 7.05 Å². The van der Waals surface area contributed by atoms with E-state index < -0.39 is 0 Å². The summed E-state index contributed by atoms with van der Waals surface area (Å²) in [5.74, 6) is 0. The highest BCUT2D eigenvalue weighted by atomic mass is 16.3. The molecule has 0 fully saturated rings. The second-order valence-electron chi connectivity index (χ2n) is 9.33. The van der Waals surface area contributed by atoms with Gasteiger partial charge in [0, 0.05) is 45.1 Å². The minimum absolute atomic E-state index is 0.205. The van der Waals surface area contributed by atoms with Gasteiger partial charge in [-0.3, -0.25) is 4.98 Å². The predicted molar refractivity (Wildman–Crippen MR) is 125 cm³/mol. The molecular formula is C28H25N2O+. The van der Waals surface area contributed by atoms with Crippen molar-refractivity contribution in [1.29, 1.82) is 0 Å². The van der Waals surface area contributed by atoms with E-state index in [1.54, 1.807) is 0 Å². The van der Waals surface area contributed by atoms with Gasteiger partial charge in [-0.05, 0) is 57.0 Å². The molecule has 0 saturated heterocycles. The highest BCUT2D eigenvalue weighted by molar-refractivity contribution is 6.12. The van der Waals surface area contributed by atoms with Crippen molar-refractivity contribution in [3.63, 3.8) is 0 Å². The first-order valence-corrected chi connectivity index (χ1v) is 10.8. The van der Waals surface area contributed by atoms with Gasteiger partial charge in [0.15, 0.2) is 6.20 Å². The van der Waals surface area contributed by atoms with E-state index in [2.05, 4.69) is 88.0 Å². The second kappa shape index (κ2) is 6.04. The van der Waals surface area contributed by atoms with Crippen LogP contribution in [-0.2, 0) is 12.5 Å². The molecule has 5 aromatic rings. The van der Waals surface area contributed by atoms with Crippen LogP contribution in [0.15, 0.2) is 65.3 Å². The zero-order valence-electron chi connectivity index (χ0n) is 18.6. The van der Waals surface area contributed by atoms with E-state index in [9.17, 15) is 0 Å². The van der Waals surface area contributed by atoms with Gasteiger partial charge in [-0.1, -0.05) is 24.3 Å². The summed E-state index contributed by atoms with van der Waals surface area (Å²) in [4.78, 5) is 4.74. The topological polar surface area (TPSA) is 29.9 Å². The molecule has 3 aromatic heterocycles. The molecule has 3 heterocycles. The van der Waals surface area contributed by atoms with Gasteiger partial charge >= 0.3 is 0 Å².